The molecule has 0 saturated heterocycles. The molecular formula is C20H23F3N2O3S. The number of aryl methyl sites for hydroxylation is 2. The van der Waals surface area contributed by atoms with Gasteiger partial charge in [0.1, 0.15) is 6.04 Å². The number of amides is 1. The minimum Gasteiger partial charge on any atom is -0.324 e. The molecular weight excluding hydrogens is 405 g/mol. The van der Waals surface area contributed by atoms with Crippen molar-refractivity contribution < 1.29 is 26.4 Å². The fourth-order valence-corrected chi connectivity index (χ4v) is 4.09. The van der Waals surface area contributed by atoms with E-state index in [2.05, 4.69) is 5.32 Å². The Hall–Kier alpha value is -2.55. The first kappa shape index (κ1) is 22.7. The quantitative estimate of drug-likeness (QED) is 0.737. The second-order valence-corrected chi connectivity index (χ2v) is 8.68. The fourth-order valence-electron chi connectivity index (χ4n) is 2.89. The molecule has 2 aromatic rings. The van der Waals surface area contributed by atoms with Crippen LogP contribution in [0.4, 0.5) is 24.5 Å². The van der Waals surface area contributed by atoms with Crippen LogP contribution in [0.5, 0.6) is 0 Å². The van der Waals surface area contributed by atoms with Crippen LogP contribution in [0.25, 0.3) is 0 Å². The summed E-state index contributed by atoms with van der Waals surface area (Å²) in [6.07, 6.45) is -3.30. The SMILES string of the molecule is CCC(C(=O)Nc1ccc(C(F)(F)F)cc1)N(c1ccc(C)c(C)c1)S(C)(=O)=O. The van der Waals surface area contributed by atoms with E-state index in [4.69, 9.17) is 0 Å². The third-order valence-corrected chi connectivity index (χ3v) is 5.73. The van der Waals surface area contributed by atoms with Crippen LogP contribution < -0.4 is 9.62 Å². The smallest absolute Gasteiger partial charge is 0.324 e. The van der Waals surface area contributed by atoms with Crippen LogP contribution in [-0.2, 0) is 21.0 Å². The third kappa shape index (κ3) is 5.50. The Balaban J connectivity index is 2.34. The van der Waals surface area contributed by atoms with Gasteiger partial charge in [-0.3, -0.25) is 9.10 Å². The number of anilines is 2. The summed E-state index contributed by atoms with van der Waals surface area (Å²) in [6.45, 7) is 5.39. The molecule has 0 fully saturated rings. The second-order valence-electron chi connectivity index (χ2n) is 6.82. The van der Waals surface area contributed by atoms with Crippen LogP contribution in [0.3, 0.4) is 0 Å². The van der Waals surface area contributed by atoms with Crippen molar-refractivity contribution in [3.8, 4) is 0 Å². The van der Waals surface area contributed by atoms with Crippen molar-refractivity contribution in [1.82, 2.24) is 0 Å². The second kappa shape index (κ2) is 8.44. The number of nitrogens with zero attached hydrogens (tertiary/aromatic N) is 1. The molecule has 158 valence electrons. The number of nitrogens with one attached hydrogen (secondary N) is 1. The average molecular weight is 428 g/mol. The van der Waals surface area contributed by atoms with Crippen molar-refractivity contribution >= 4 is 27.3 Å². The summed E-state index contributed by atoms with van der Waals surface area (Å²) < 4.78 is 64.0. The number of carbonyl (C=O) groups is 1. The van der Waals surface area contributed by atoms with E-state index in [-0.39, 0.29) is 12.1 Å². The van der Waals surface area contributed by atoms with Crippen LogP contribution in [-0.4, -0.2) is 26.6 Å². The van der Waals surface area contributed by atoms with Crippen molar-refractivity contribution in [2.24, 2.45) is 0 Å². The summed E-state index contributed by atoms with van der Waals surface area (Å²) in [6, 6.07) is 7.99. The summed E-state index contributed by atoms with van der Waals surface area (Å²) in [5.74, 6) is -0.629. The predicted octanol–water partition coefficient (Wildman–Crippen LogP) is 4.51. The number of sulfonamides is 1. The molecule has 0 aliphatic rings. The molecule has 2 aromatic carbocycles. The number of halogens is 3. The van der Waals surface area contributed by atoms with E-state index >= 15 is 0 Å². The van der Waals surface area contributed by atoms with Crippen LogP contribution in [0.15, 0.2) is 42.5 Å². The standard InChI is InChI=1S/C20H23F3N2O3S/c1-5-18(19(26)24-16-9-7-15(8-10-16)20(21,22)23)25(29(4,27)28)17-11-6-13(2)14(3)12-17/h6-12,18H,5H2,1-4H3,(H,24,26). The summed E-state index contributed by atoms with van der Waals surface area (Å²) in [7, 11) is -3.80. The highest BCUT2D eigenvalue weighted by atomic mass is 32.2. The number of hydrogen-bond donors (Lipinski definition) is 1. The molecule has 1 N–H and O–H groups in total. The molecule has 29 heavy (non-hydrogen) atoms. The van der Waals surface area contributed by atoms with Gasteiger partial charge < -0.3 is 5.32 Å². The maximum Gasteiger partial charge on any atom is 0.416 e. The highest BCUT2D eigenvalue weighted by molar-refractivity contribution is 7.92. The Morgan fingerprint density at radius 2 is 1.66 bits per heavy atom. The van der Waals surface area contributed by atoms with Gasteiger partial charge in [0, 0.05) is 5.69 Å². The van der Waals surface area contributed by atoms with Gasteiger partial charge >= 0.3 is 6.18 Å². The van der Waals surface area contributed by atoms with Gasteiger partial charge in [-0.1, -0.05) is 13.0 Å². The molecule has 0 saturated carbocycles. The van der Waals surface area contributed by atoms with E-state index in [0.29, 0.717) is 5.69 Å². The minimum atomic E-state index is -4.48. The van der Waals surface area contributed by atoms with E-state index in [0.717, 1.165) is 46.0 Å². The maximum absolute atomic E-state index is 12.8. The number of carbonyl (C=O) groups excluding carboxylic acids is 1. The zero-order valence-electron chi connectivity index (χ0n) is 16.5. The van der Waals surface area contributed by atoms with E-state index in [1.165, 1.54) is 0 Å². The number of alkyl halides is 3. The Morgan fingerprint density at radius 3 is 2.10 bits per heavy atom. The van der Waals surface area contributed by atoms with Gasteiger partial charge in [-0.25, -0.2) is 8.42 Å². The molecule has 1 unspecified atom stereocenters. The summed E-state index contributed by atoms with van der Waals surface area (Å²) in [5.41, 5.74) is 1.51. The molecule has 0 aromatic heterocycles. The van der Waals surface area contributed by atoms with Crippen molar-refractivity contribution in [2.45, 2.75) is 39.4 Å². The van der Waals surface area contributed by atoms with Gasteiger partial charge in [0.15, 0.2) is 0 Å². The predicted molar refractivity (Wildman–Crippen MR) is 107 cm³/mol. The molecule has 0 aliphatic carbocycles. The van der Waals surface area contributed by atoms with E-state index in [1.54, 1.807) is 25.1 Å². The molecule has 1 atom stereocenters. The fraction of sp³-hybridized carbons (Fsp3) is 0.350. The van der Waals surface area contributed by atoms with Crippen molar-refractivity contribution in [1.29, 1.82) is 0 Å². The van der Waals surface area contributed by atoms with Crippen molar-refractivity contribution in [3.05, 3.63) is 59.2 Å². The van der Waals surface area contributed by atoms with Crippen molar-refractivity contribution in [3.63, 3.8) is 0 Å². The summed E-state index contributed by atoms with van der Waals surface area (Å²) in [4.78, 5) is 12.8. The van der Waals surface area contributed by atoms with Gasteiger partial charge in [-0.15, -0.1) is 0 Å². The van der Waals surface area contributed by atoms with Crippen LogP contribution in [0, 0.1) is 13.8 Å². The first-order valence-corrected chi connectivity index (χ1v) is 10.7. The van der Waals surface area contributed by atoms with Gasteiger partial charge in [0.2, 0.25) is 15.9 Å². The van der Waals surface area contributed by atoms with Gasteiger partial charge in [-0.05, 0) is 67.8 Å². The van der Waals surface area contributed by atoms with Gasteiger partial charge in [0.25, 0.3) is 0 Å². The molecule has 9 heteroatoms. The van der Waals surface area contributed by atoms with Gasteiger partial charge in [0.05, 0.1) is 17.5 Å². The van der Waals surface area contributed by atoms with Gasteiger partial charge in [-0.2, -0.15) is 13.2 Å². The molecule has 0 radical (unpaired) electrons. The van der Waals surface area contributed by atoms with Crippen molar-refractivity contribution in [2.75, 3.05) is 15.9 Å². The molecule has 0 bridgehead atoms. The lowest BCUT2D eigenvalue weighted by molar-refractivity contribution is -0.137. The first-order chi connectivity index (χ1) is 13.3. The number of hydrogen-bond acceptors (Lipinski definition) is 3. The first-order valence-electron chi connectivity index (χ1n) is 8.89. The van der Waals surface area contributed by atoms with E-state index in [9.17, 15) is 26.4 Å². The minimum absolute atomic E-state index is 0.148. The molecule has 5 nitrogen and oxygen atoms in total. The molecule has 0 spiro atoms. The lowest BCUT2D eigenvalue weighted by atomic mass is 10.1. The third-order valence-electron chi connectivity index (χ3n) is 4.55. The van der Waals surface area contributed by atoms with E-state index in [1.807, 2.05) is 13.8 Å². The monoisotopic (exact) mass is 428 g/mol. The Kier molecular flexibility index (Phi) is 6.62. The largest absolute Gasteiger partial charge is 0.416 e. The molecule has 2 rings (SSSR count). The summed E-state index contributed by atoms with van der Waals surface area (Å²) >= 11 is 0. The van der Waals surface area contributed by atoms with Crippen LogP contribution in [0.2, 0.25) is 0 Å². The molecule has 0 heterocycles. The molecule has 0 aliphatic heterocycles. The zero-order chi connectivity index (χ0) is 22.0. The number of rotatable bonds is 6. The molecule has 1 amide bonds. The average Bonchev–Trinajstić information content (AvgIpc) is 2.60. The normalized spacial score (nSPS) is 13.1. The lowest BCUT2D eigenvalue weighted by Crippen LogP contribution is -2.47. The lowest BCUT2D eigenvalue weighted by Gasteiger charge is -2.30. The Labute approximate surface area is 168 Å². The zero-order valence-corrected chi connectivity index (χ0v) is 17.4. The highest BCUT2D eigenvalue weighted by Crippen LogP contribution is 2.30. The topological polar surface area (TPSA) is 66.5 Å². The highest BCUT2D eigenvalue weighted by Gasteiger charge is 2.32. The summed E-state index contributed by atoms with van der Waals surface area (Å²) in [5, 5.41) is 2.51. The van der Waals surface area contributed by atoms with E-state index < -0.39 is 33.7 Å². The van der Waals surface area contributed by atoms with Crippen LogP contribution >= 0.6 is 0 Å². The Bertz CT molecular complexity index is 987. The maximum atomic E-state index is 12.8. The Morgan fingerprint density at radius 1 is 1.07 bits per heavy atom. The number of benzene rings is 2. The van der Waals surface area contributed by atoms with Crippen LogP contribution in [0.1, 0.15) is 30.0 Å².